The van der Waals surface area contributed by atoms with Gasteiger partial charge in [0.2, 0.25) is 0 Å². The van der Waals surface area contributed by atoms with E-state index in [4.69, 9.17) is 5.11 Å². The maximum atomic E-state index is 10.8. The van der Waals surface area contributed by atoms with Gasteiger partial charge in [-0.2, -0.15) is 0 Å². The molecule has 0 saturated carbocycles. The first-order valence-corrected chi connectivity index (χ1v) is 6.21. The summed E-state index contributed by atoms with van der Waals surface area (Å²) in [5.74, 6) is 0.733. The zero-order valence-corrected chi connectivity index (χ0v) is 10.3. The molecule has 92 valence electrons. The van der Waals surface area contributed by atoms with Gasteiger partial charge in [-0.05, 0) is 24.2 Å². The molecule has 2 rings (SSSR count). The monoisotopic (exact) mass is 226 g/mol. The van der Waals surface area contributed by atoms with Crippen LogP contribution in [0.5, 0.6) is 0 Å². The quantitative estimate of drug-likeness (QED) is 0.779. The van der Waals surface area contributed by atoms with Crippen LogP contribution in [0.15, 0.2) is 0 Å². The molecule has 2 heterocycles. The number of hydrogen-bond acceptors (Lipinski definition) is 2. The van der Waals surface area contributed by atoms with E-state index in [9.17, 15) is 4.79 Å². The minimum atomic E-state index is -0.756. The molecule has 1 amide bonds. The standard InChI is InChI=1S/C12H22N2O2/c1-10(2)7-13-8-12(9-13)3-5-14(6-4-12)11(15)16/h10H,3-9H2,1-2H3,(H,15,16). The average Bonchev–Trinajstić information content (AvgIpc) is 2.15. The molecular formula is C12H22N2O2. The molecule has 2 fully saturated rings. The molecule has 2 aliphatic heterocycles. The van der Waals surface area contributed by atoms with Gasteiger partial charge in [-0.25, -0.2) is 4.79 Å². The van der Waals surface area contributed by atoms with Gasteiger partial charge in [0.15, 0.2) is 0 Å². The van der Waals surface area contributed by atoms with Crippen LogP contribution in [0.4, 0.5) is 4.79 Å². The van der Waals surface area contributed by atoms with Crippen LogP contribution in [0.2, 0.25) is 0 Å². The molecule has 0 bridgehead atoms. The van der Waals surface area contributed by atoms with Crippen molar-refractivity contribution in [2.45, 2.75) is 26.7 Å². The number of carbonyl (C=O) groups is 1. The summed E-state index contributed by atoms with van der Waals surface area (Å²) in [7, 11) is 0. The predicted octanol–water partition coefficient (Wildman–Crippen LogP) is 1.72. The molecule has 4 heteroatoms. The lowest BCUT2D eigenvalue weighted by atomic mass is 9.72. The SMILES string of the molecule is CC(C)CN1CC2(CCN(C(=O)O)CC2)C1. The fourth-order valence-corrected chi connectivity index (χ4v) is 3.04. The van der Waals surface area contributed by atoms with Crippen LogP contribution in [0.1, 0.15) is 26.7 Å². The first-order valence-electron chi connectivity index (χ1n) is 6.21. The van der Waals surface area contributed by atoms with Gasteiger partial charge in [0.05, 0.1) is 0 Å². The topological polar surface area (TPSA) is 43.8 Å². The molecule has 0 atom stereocenters. The van der Waals surface area contributed by atoms with Crippen molar-refractivity contribution in [2.24, 2.45) is 11.3 Å². The molecule has 0 aromatic heterocycles. The molecule has 1 N–H and O–H groups in total. The molecule has 1 spiro atoms. The van der Waals surface area contributed by atoms with E-state index < -0.39 is 6.09 Å². The zero-order chi connectivity index (χ0) is 11.8. The molecule has 0 radical (unpaired) electrons. The Morgan fingerprint density at radius 2 is 1.88 bits per heavy atom. The maximum Gasteiger partial charge on any atom is 0.407 e. The van der Waals surface area contributed by atoms with Gasteiger partial charge in [0.1, 0.15) is 0 Å². The largest absolute Gasteiger partial charge is 0.465 e. The van der Waals surface area contributed by atoms with Crippen molar-refractivity contribution in [1.82, 2.24) is 9.80 Å². The van der Waals surface area contributed by atoms with Crippen LogP contribution in [0, 0.1) is 11.3 Å². The van der Waals surface area contributed by atoms with Crippen molar-refractivity contribution in [3.05, 3.63) is 0 Å². The van der Waals surface area contributed by atoms with E-state index in [0.29, 0.717) is 5.41 Å². The van der Waals surface area contributed by atoms with E-state index in [-0.39, 0.29) is 0 Å². The van der Waals surface area contributed by atoms with Gasteiger partial charge in [-0.15, -0.1) is 0 Å². The van der Waals surface area contributed by atoms with Crippen molar-refractivity contribution >= 4 is 6.09 Å². The van der Waals surface area contributed by atoms with Crippen LogP contribution < -0.4 is 0 Å². The van der Waals surface area contributed by atoms with Crippen molar-refractivity contribution in [3.63, 3.8) is 0 Å². The minimum absolute atomic E-state index is 0.445. The smallest absolute Gasteiger partial charge is 0.407 e. The van der Waals surface area contributed by atoms with E-state index in [0.717, 1.165) is 31.8 Å². The van der Waals surface area contributed by atoms with Crippen molar-refractivity contribution in [3.8, 4) is 0 Å². The molecule has 2 saturated heterocycles. The third-order valence-corrected chi connectivity index (χ3v) is 3.84. The van der Waals surface area contributed by atoms with Gasteiger partial charge < -0.3 is 14.9 Å². The van der Waals surface area contributed by atoms with E-state index in [1.54, 1.807) is 4.90 Å². The Morgan fingerprint density at radius 1 is 1.31 bits per heavy atom. The zero-order valence-electron chi connectivity index (χ0n) is 10.3. The molecule has 16 heavy (non-hydrogen) atoms. The van der Waals surface area contributed by atoms with Gasteiger partial charge >= 0.3 is 6.09 Å². The number of likely N-dealkylation sites (tertiary alicyclic amines) is 2. The van der Waals surface area contributed by atoms with E-state index in [2.05, 4.69) is 18.7 Å². The Hall–Kier alpha value is -0.770. The lowest BCUT2D eigenvalue weighted by Crippen LogP contribution is -2.61. The number of hydrogen-bond donors (Lipinski definition) is 1. The maximum absolute atomic E-state index is 10.8. The van der Waals surface area contributed by atoms with Gasteiger partial charge in [-0.3, -0.25) is 0 Å². The van der Waals surface area contributed by atoms with Crippen LogP contribution in [-0.2, 0) is 0 Å². The Bertz CT molecular complexity index is 262. The minimum Gasteiger partial charge on any atom is -0.465 e. The second-order valence-electron chi connectivity index (χ2n) is 5.83. The molecule has 2 aliphatic rings. The molecular weight excluding hydrogens is 204 g/mol. The number of piperidine rings is 1. The lowest BCUT2D eigenvalue weighted by molar-refractivity contribution is -0.0474. The number of nitrogens with zero attached hydrogens (tertiary/aromatic N) is 2. The van der Waals surface area contributed by atoms with Crippen molar-refractivity contribution < 1.29 is 9.90 Å². The van der Waals surface area contributed by atoms with Crippen LogP contribution in [-0.4, -0.2) is 53.7 Å². The second kappa shape index (κ2) is 4.24. The summed E-state index contributed by atoms with van der Waals surface area (Å²) < 4.78 is 0. The van der Waals surface area contributed by atoms with E-state index in [1.807, 2.05) is 0 Å². The predicted molar refractivity (Wildman–Crippen MR) is 62.5 cm³/mol. The second-order valence-corrected chi connectivity index (χ2v) is 5.83. The van der Waals surface area contributed by atoms with Crippen LogP contribution in [0.3, 0.4) is 0 Å². The van der Waals surface area contributed by atoms with Crippen molar-refractivity contribution in [2.75, 3.05) is 32.7 Å². The Kier molecular flexibility index (Phi) is 3.10. The summed E-state index contributed by atoms with van der Waals surface area (Å²) in [5, 5.41) is 8.89. The van der Waals surface area contributed by atoms with E-state index in [1.165, 1.54) is 19.6 Å². The van der Waals surface area contributed by atoms with Crippen LogP contribution >= 0.6 is 0 Å². The lowest BCUT2D eigenvalue weighted by Gasteiger charge is -2.54. The highest BCUT2D eigenvalue weighted by atomic mass is 16.4. The highest BCUT2D eigenvalue weighted by molar-refractivity contribution is 5.65. The Balaban J connectivity index is 1.76. The average molecular weight is 226 g/mol. The summed E-state index contributed by atoms with van der Waals surface area (Å²) in [6.07, 6.45) is 1.34. The first-order chi connectivity index (χ1) is 7.51. The summed E-state index contributed by atoms with van der Waals surface area (Å²) in [5.41, 5.74) is 0.445. The number of rotatable bonds is 2. The third kappa shape index (κ3) is 2.32. The molecule has 0 aromatic carbocycles. The van der Waals surface area contributed by atoms with Gasteiger partial charge in [-0.1, -0.05) is 13.8 Å². The third-order valence-electron chi connectivity index (χ3n) is 3.84. The number of amides is 1. The summed E-state index contributed by atoms with van der Waals surface area (Å²) in [4.78, 5) is 14.9. The van der Waals surface area contributed by atoms with Crippen molar-refractivity contribution in [1.29, 1.82) is 0 Å². The molecule has 0 unspecified atom stereocenters. The number of carboxylic acid groups (broad SMARTS) is 1. The highest BCUT2D eigenvalue weighted by Gasteiger charge is 2.45. The Labute approximate surface area is 97.2 Å². The first kappa shape index (κ1) is 11.7. The van der Waals surface area contributed by atoms with Gasteiger partial charge in [0, 0.05) is 32.7 Å². The molecule has 4 nitrogen and oxygen atoms in total. The molecule has 0 aliphatic carbocycles. The molecule has 0 aromatic rings. The van der Waals surface area contributed by atoms with Crippen LogP contribution in [0.25, 0.3) is 0 Å². The summed E-state index contributed by atoms with van der Waals surface area (Å²) >= 11 is 0. The normalized spacial score (nSPS) is 24.8. The fraction of sp³-hybridized carbons (Fsp3) is 0.917. The van der Waals surface area contributed by atoms with Gasteiger partial charge in [0.25, 0.3) is 0 Å². The highest BCUT2D eigenvalue weighted by Crippen LogP contribution is 2.40. The van der Waals surface area contributed by atoms with E-state index >= 15 is 0 Å². The summed E-state index contributed by atoms with van der Waals surface area (Å²) in [6.45, 7) is 9.49. The Morgan fingerprint density at radius 3 is 2.31 bits per heavy atom. The fourth-order valence-electron chi connectivity index (χ4n) is 3.04. The summed E-state index contributed by atoms with van der Waals surface area (Å²) in [6, 6.07) is 0.